The highest BCUT2D eigenvalue weighted by Gasteiger charge is 2.11. The minimum absolute atomic E-state index is 0.00343. The van der Waals surface area contributed by atoms with Crippen molar-refractivity contribution in [2.24, 2.45) is 5.73 Å². The first-order valence-corrected chi connectivity index (χ1v) is 6.14. The lowest BCUT2D eigenvalue weighted by Gasteiger charge is -2.20. The molecule has 0 aromatic heterocycles. The van der Waals surface area contributed by atoms with Crippen molar-refractivity contribution in [2.75, 3.05) is 44.5 Å². The highest BCUT2D eigenvalue weighted by molar-refractivity contribution is 5.90. The van der Waals surface area contributed by atoms with E-state index in [1.54, 1.807) is 0 Å². The Labute approximate surface area is 112 Å². The van der Waals surface area contributed by atoms with E-state index in [1.807, 2.05) is 30.3 Å². The van der Waals surface area contributed by atoms with E-state index in [1.165, 1.54) is 4.90 Å². The van der Waals surface area contributed by atoms with Gasteiger partial charge in [-0.2, -0.15) is 0 Å². The third kappa shape index (κ3) is 6.19. The van der Waals surface area contributed by atoms with Gasteiger partial charge in [0.05, 0.1) is 39.6 Å². The van der Waals surface area contributed by atoms with E-state index < -0.39 is 6.03 Å². The largest absolute Gasteiger partial charge is 0.394 e. The topological polar surface area (TPSA) is 85.0 Å². The van der Waals surface area contributed by atoms with Crippen LogP contribution in [-0.4, -0.2) is 50.7 Å². The molecule has 106 valence electrons. The molecule has 2 amide bonds. The number of benzene rings is 1. The Balaban J connectivity index is 2.26. The van der Waals surface area contributed by atoms with Gasteiger partial charge in [-0.3, -0.25) is 4.90 Å². The number of carbonyl (C=O) groups excluding carboxylic acids is 1. The number of urea groups is 1. The molecule has 0 saturated carbocycles. The summed E-state index contributed by atoms with van der Waals surface area (Å²) in [5, 5.41) is 8.51. The average Bonchev–Trinajstić information content (AvgIpc) is 2.42. The molecule has 0 saturated heterocycles. The highest BCUT2D eigenvalue weighted by Crippen LogP contribution is 2.12. The van der Waals surface area contributed by atoms with Crippen molar-refractivity contribution < 1.29 is 19.4 Å². The van der Waals surface area contributed by atoms with E-state index in [2.05, 4.69) is 0 Å². The molecule has 0 unspecified atom stereocenters. The Morgan fingerprint density at radius 1 is 1.11 bits per heavy atom. The van der Waals surface area contributed by atoms with Crippen molar-refractivity contribution in [3.63, 3.8) is 0 Å². The molecule has 1 aromatic rings. The number of hydrogen-bond donors (Lipinski definition) is 2. The molecule has 0 radical (unpaired) electrons. The smallest absolute Gasteiger partial charge is 0.319 e. The quantitative estimate of drug-likeness (QED) is 0.642. The van der Waals surface area contributed by atoms with Crippen LogP contribution in [0.4, 0.5) is 10.5 Å². The van der Waals surface area contributed by atoms with Crippen molar-refractivity contribution in [3.8, 4) is 0 Å². The Morgan fingerprint density at radius 3 is 2.32 bits per heavy atom. The summed E-state index contributed by atoms with van der Waals surface area (Å²) in [6.45, 7) is 1.91. The van der Waals surface area contributed by atoms with Crippen molar-refractivity contribution >= 4 is 11.7 Å². The van der Waals surface area contributed by atoms with Gasteiger partial charge in [-0.05, 0) is 12.1 Å². The number of carbonyl (C=O) groups is 1. The number of nitrogens with two attached hydrogens (primary N) is 1. The zero-order valence-corrected chi connectivity index (χ0v) is 10.8. The standard InChI is InChI=1S/C13H20N2O4/c14-13(17)15(12-4-2-1-3-5-12)6-8-18-10-11-19-9-7-16/h1-5,16H,6-11H2,(H2,14,17). The molecule has 0 spiro atoms. The molecule has 0 bridgehead atoms. The fourth-order valence-corrected chi connectivity index (χ4v) is 1.52. The maximum absolute atomic E-state index is 11.3. The van der Waals surface area contributed by atoms with Crippen molar-refractivity contribution in [1.82, 2.24) is 0 Å². The molecule has 0 fully saturated rings. The fraction of sp³-hybridized carbons (Fsp3) is 0.462. The monoisotopic (exact) mass is 268 g/mol. The molecule has 0 aliphatic carbocycles. The molecule has 1 aromatic carbocycles. The lowest BCUT2D eigenvalue weighted by atomic mass is 10.3. The van der Waals surface area contributed by atoms with Crippen LogP contribution in [0.15, 0.2) is 30.3 Å². The van der Waals surface area contributed by atoms with Gasteiger partial charge >= 0.3 is 6.03 Å². The third-order valence-corrected chi connectivity index (χ3v) is 2.40. The van der Waals surface area contributed by atoms with E-state index in [0.717, 1.165) is 5.69 Å². The predicted molar refractivity (Wildman–Crippen MR) is 72.1 cm³/mol. The molecule has 6 nitrogen and oxygen atoms in total. The summed E-state index contributed by atoms with van der Waals surface area (Å²) in [6.07, 6.45) is 0. The van der Waals surface area contributed by atoms with Gasteiger partial charge in [0.1, 0.15) is 0 Å². The Kier molecular flexibility index (Phi) is 7.57. The number of para-hydroxylation sites is 1. The molecule has 3 N–H and O–H groups in total. The number of hydrogen-bond acceptors (Lipinski definition) is 4. The van der Waals surface area contributed by atoms with Crippen molar-refractivity contribution in [1.29, 1.82) is 0 Å². The second-order valence-corrected chi connectivity index (χ2v) is 3.77. The summed E-state index contributed by atoms with van der Waals surface area (Å²) in [4.78, 5) is 12.8. The second kappa shape index (κ2) is 9.32. The van der Waals surface area contributed by atoms with Gasteiger partial charge in [-0.15, -0.1) is 0 Å². The lowest BCUT2D eigenvalue weighted by molar-refractivity contribution is 0.0353. The van der Waals surface area contributed by atoms with Crippen LogP contribution >= 0.6 is 0 Å². The first kappa shape index (κ1) is 15.4. The summed E-state index contributed by atoms with van der Waals surface area (Å²) in [7, 11) is 0. The molecule has 6 heteroatoms. The van der Waals surface area contributed by atoms with Crippen LogP contribution in [0, 0.1) is 0 Å². The number of amides is 2. The summed E-state index contributed by atoms with van der Waals surface area (Å²) < 4.78 is 10.4. The van der Waals surface area contributed by atoms with Crippen molar-refractivity contribution in [2.45, 2.75) is 0 Å². The maximum atomic E-state index is 11.3. The van der Waals surface area contributed by atoms with Gasteiger partial charge in [0.2, 0.25) is 0 Å². The number of primary amides is 1. The molecule has 0 aliphatic heterocycles. The van der Waals surface area contributed by atoms with Crippen LogP contribution in [0.3, 0.4) is 0 Å². The first-order valence-electron chi connectivity index (χ1n) is 6.14. The molecule has 0 heterocycles. The van der Waals surface area contributed by atoms with Gasteiger partial charge in [0.15, 0.2) is 0 Å². The van der Waals surface area contributed by atoms with E-state index in [4.69, 9.17) is 20.3 Å². The minimum Gasteiger partial charge on any atom is -0.394 e. The zero-order valence-electron chi connectivity index (χ0n) is 10.8. The van der Waals surface area contributed by atoms with E-state index in [-0.39, 0.29) is 6.61 Å². The number of ether oxygens (including phenoxy) is 2. The van der Waals surface area contributed by atoms with Crippen LogP contribution in [0.2, 0.25) is 0 Å². The van der Waals surface area contributed by atoms with Crippen molar-refractivity contribution in [3.05, 3.63) is 30.3 Å². The number of rotatable bonds is 9. The Hall–Kier alpha value is -1.63. The summed E-state index contributed by atoms with van der Waals surface area (Å²) >= 11 is 0. The van der Waals surface area contributed by atoms with Gasteiger partial charge in [-0.1, -0.05) is 18.2 Å². The fourth-order valence-electron chi connectivity index (χ4n) is 1.52. The summed E-state index contributed by atoms with van der Waals surface area (Å²) in [6, 6.07) is 8.68. The summed E-state index contributed by atoms with van der Waals surface area (Å²) in [5.41, 5.74) is 6.07. The highest BCUT2D eigenvalue weighted by atomic mass is 16.5. The normalized spacial score (nSPS) is 10.4. The number of aliphatic hydroxyl groups is 1. The number of anilines is 1. The second-order valence-electron chi connectivity index (χ2n) is 3.77. The molecule has 0 aliphatic rings. The van der Waals surface area contributed by atoms with Crippen LogP contribution in [-0.2, 0) is 9.47 Å². The van der Waals surface area contributed by atoms with Crippen LogP contribution < -0.4 is 10.6 Å². The first-order chi connectivity index (χ1) is 9.25. The average molecular weight is 268 g/mol. The number of aliphatic hydroxyl groups excluding tert-OH is 1. The Morgan fingerprint density at radius 2 is 1.74 bits per heavy atom. The predicted octanol–water partition coefficient (Wildman–Crippen LogP) is 0.597. The summed E-state index contributed by atoms with van der Waals surface area (Å²) in [5.74, 6) is 0. The molecule has 1 rings (SSSR count). The molecular weight excluding hydrogens is 248 g/mol. The van der Waals surface area contributed by atoms with E-state index in [0.29, 0.717) is 33.0 Å². The van der Waals surface area contributed by atoms with Gasteiger partial charge < -0.3 is 20.3 Å². The lowest BCUT2D eigenvalue weighted by Crippen LogP contribution is -2.38. The molecule has 19 heavy (non-hydrogen) atoms. The Bertz CT molecular complexity index is 359. The molecule has 0 atom stereocenters. The van der Waals surface area contributed by atoms with E-state index in [9.17, 15) is 4.79 Å². The van der Waals surface area contributed by atoms with Gasteiger partial charge in [0.25, 0.3) is 0 Å². The zero-order chi connectivity index (χ0) is 13.9. The number of nitrogens with zero attached hydrogens (tertiary/aromatic N) is 1. The molecular formula is C13H20N2O4. The maximum Gasteiger partial charge on any atom is 0.319 e. The van der Waals surface area contributed by atoms with E-state index >= 15 is 0 Å². The van der Waals surface area contributed by atoms with Crippen LogP contribution in [0.25, 0.3) is 0 Å². The third-order valence-electron chi connectivity index (χ3n) is 2.40. The van der Waals surface area contributed by atoms with Crippen LogP contribution in [0.1, 0.15) is 0 Å². The van der Waals surface area contributed by atoms with Gasteiger partial charge in [-0.25, -0.2) is 4.79 Å². The van der Waals surface area contributed by atoms with Gasteiger partial charge in [0, 0.05) is 5.69 Å². The van der Waals surface area contributed by atoms with Crippen LogP contribution in [0.5, 0.6) is 0 Å². The minimum atomic E-state index is -0.508. The SMILES string of the molecule is NC(=O)N(CCOCCOCCO)c1ccccc1.